The second-order valence-corrected chi connectivity index (χ2v) is 6.04. The molecule has 0 saturated heterocycles. The summed E-state index contributed by atoms with van der Waals surface area (Å²) in [5.41, 5.74) is 5.61. The number of rotatable bonds is 4. The monoisotopic (exact) mass is 346 g/mol. The summed E-state index contributed by atoms with van der Waals surface area (Å²) < 4.78 is 5.36. The molecule has 0 aliphatic rings. The van der Waals surface area contributed by atoms with Crippen LogP contribution >= 0.6 is 23.7 Å². The number of nitrogens with one attached hydrogen (secondary N) is 1. The molecule has 0 aliphatic heterocycles. The number of anilines is 2. The fourth-order valence-electron chi connectivity index (χ4n) is 2.42. The van der Waals surface area contributed by atoms with Crippen molar-refractivity contribution in [3.8, 4) is 17.0 Å². The minimum Gasteiger partial charge on any atom is -0.495 e. The van der Waals surface area contributed by atoms with E-state index in [2.05, 4.69) is 42.7 Å². The number of hydrogen-bond donors (Lipinski definition) is 1. The fraction of sp³-hybridized carbons (Fsp3) is 0.167. The summed E-state index contributed by atoms with van der Waals surface area (Å²) in [5, 5.41) is 6.27. The van der Waals surface area contributed by atoms with Crippen LogP contribution in [0.15, 0.2) is 47.8 Å². The lowest BCUT2D eigenvalue weighted by molar-refractivity contribution is 0.417. The molecular formula is C18H19ClN2OS. The standard InChI is InChI=1S/C18H18N2OS.ClH/c1-12-8-9-14(13(2)10-12)16-11-22-18(20-16)19-15-6-4-5-7-17(15)21-3;/h4-11H,1-3H3,(H,19,20);1H. The maximum atomic E-state index is 5.36. The largest absolute Gasteiger partial charge is 0.495 e. The van der Waals surface area contributed by atoms with Crippen molar-refractivity contribution in [2.75, 3.05) is 12.4 Å². The average molecular weight is 347 g/mol. The number of aryl methyl sites for hydroxylation is 2. The zero-order chi connectivity index (χ0) is 15.5. The van der Waals surface area contributed by atoms with Gasteiger partial charge in [-0.1, -0.05) is 35.9 Å². The second-order valence-electron chi connectivity index (χ2n) is 5.18. The Morgan fingerprint density at radius 1 is 1.09 bits per heavy atom. The Balaban J connectivity index is 0.00000192. The van der Waals surface area contributed by atoms with E-state index in [9.17, 15) is 0 Å². The van der Waals surface area contributed by atoms with E-state index >= 15 is 0 Å². The van der Waals surface area contributed by atoms with Gasteiger partial charge in [0.1, 0.15) is 5.75 Å². The zero-order valence-corrected chi connectivity index (χ0v) is 14.9. The second kappa shape index (κ2) is 7.49. The van der Waals surface area contributed by atoms with Crippen molar-refractivity contribution in [1.82, 2.24) is 4.98 Å². The van der Waals surface area contributed by atoms with E-state index in [1.807, 2.05) is 24.3 Å². The summed E-state index contributed by atoms with van der Waals surface area (Å²) >= 11 is 1.59. The van der Waals surface area contributed by atoms with Crippen LogP contribution in [0.2, 0.25) is 0 Å². The van der Waals surface area contributed by atoms with Crippen LogP contribution in [0.3, 0.4) is 0 Å². The fourth-order valence-corrected chi connectivity index (χ4v) is 3.14. The Kier molecular flexibility index (Phi) is 5.64. The van der Waals surface area contributed by atoms with E-state index in [1.54, 1.807) is 18.4 Å². The molecule has 0 unspecified atom stereocenters. The lowest BCUT2D eigenvalue weighted by Gasteiger charge is -2.08. The third-order valence-corrected chi connectivity index (χ3v) is 4.27. The number of halogens is 1. The summed E-state index contributed by atoms with van der Waals surface area (Å²) in [6, 6.07) is 14.3. The predicted molar refractivity (Wildman–Crippen MR) is 101 cm³/mol. The Morgan fingerprint density at radius 2 is 1.87 bits per heavy atom. The molecule has 0 atom stereocenters. The van der Waals surface area contributed by atoms with Crippen LogP contribution in [-0.4, -0.2) is 12.1 Å². The van der Waals surface area contributed by atoms with Crippen LogP contribution in [0, 0.1) is 13.8 Å². The van der Waals surface area contributed by atoms with Gasteiger partial charge in [-0.2, -0.15) is 0 Å². The predicted octanol–water partition coefficient (Wildman–Crippen LogP) is 5.60. The van der Waals surface area contributed by atoms with Gasteiger partial charge in [-0.3, -0.25) is 0 Å². The van der Waals surface area contributed by atoms with E-state index in [0.717, 1.165) is 22.3 Å². The molecule has 1 aromatic heterocycles. The highest BCUT2D eigenvalue weighted by molar-refractivity contribution is 7.14. The molecule has 3 aromatic rings. The van der Waals surface area contributed by atoms with E-state index < -0.39 is 0 Å². The van der Waals surface area contributed by atoms with Crippen molar-refractivity contribution < 1.29 is 4.74 Å². The maximum Gasteiger partial charge on any atom is 0.187 e. The minimum atomic E-state index is 0. The molecule has 0 saturated carbocycles. The van der Waals surface area contributed by atoms with Gasteiger partial charge >= 0.3 is 0 Å². The molecule has 1 heterocycles. The molecular weight excluding hydrogens is 328 g/mol. The van der Waals surface area contributed by atoms with Crippen LogP contribution < -0.4 is 10.1 Å². The number of ether oxygens (including phenoxy) is 1. The Hall–Kier alpha value is -2.04. The van der Waals surface area contributed by atoms with Gasteiger partial charge in [0.15, 0.2) is 5.13 Å². The van der Waals surface area contributed by atoms with Crippen LogP contribution in [0.1, 0.15) is 11.1 Å². The van der Waals surface area contributed by atoms with Crippen LogP contribution in [0.5, 0.6) is 5.75 Å². The van der Waals surface area contributed by atoms with Crippen molar-refractivity contribution in [1.29, 1.82) is 0 Å². The molecule has 120 valence electrons. The lowest BCUT2D eigenvalue weighted by atomic mass is 10.0. The van der Waals surface area contributed by atoms with Crippen molar-refractivity contribution in [2.24, 2.45) is 0 Å². The molecule has 23 heavy (non-hydrogen) atoms. The van der Waals surface area contributed by atoms with Gasteiger partial charge in [0.25, 0.3) is 0 Å². The zero-order valence-electron chi connectivity index (χ0n) is 13.3. The van der Waals surface area contributed by atoms with Crippen LogP contribution in [0.25, 0.3) is 11.3 Å². The normalized spacial score (nSPS) is 10.0. The third-order valence-electron chi connectivity index (χ3n) is 3.51. The number of para-hydroxylation sites is 2. The van der Waals surface area contributed by atoms with Crippen molar-refractivity contribution >= 4 is 34.6 Å². The summed E-state index contributed by atoms with van der Waals surface area (Å²) in [6.07, 6.45) is 0. The lowest BCUT2D eigenvalue weighted by Crippen LogP contribution is -1.94. The molecule has 2 aromatic carbocycles. The molecule has 5 heteroatoms. The first kappa shape index (κ1) is 17.3. The van der Waals surface area contributed by atoms with E-state index in [1.165, 1.54) is 16.7 Å². The quantitative estimate of drug-likeness (QED) is 0.667. The molecule has 0 radical (unpaired) electrons. The summed E-state index contributed by atoms with van der Waals surface area (Å²) in [6.45, 7) is 4.22. The number of nitrogens with zero attached hydrogens (tertiary/aromatic N) is 1. The number of hydrogen-bond acceptors (Lipinski definition) is 4. The summed E-state index contributed by atoms with van der Waals surface area (Å²) in [4.78, 5) is 4.69. The summed E-state index contributed by atoms with van der Waals surface area (Å²) in [7, 11) is 1.67. The topological polar surface area (TPSA) is 34.1 Å². The van der Waals surface area contributed by atoms with Crippen molar-refractivity contribution in [2.45, 2.75) is 13.8 Å². The molecule has 0 fully saturated rings. The van der Waals surface area contributed by atoms with Crippen molar-refractivity contribution in [3.05, 3.63) is 59.0 Å². The van der Waals surface area contributed by atoms with Gasteiger partial charge in [0.05, 0.1) is 18.5 Å². The van der Waals surface area contributed by atoms with Gasteiger partial charge in [-0.15, -0.1) is 23.7 Å². The number of aromatic nitrogens is 1. The molecule has 0 amide bonds. The number of thiazole rings is 1. The smallest absolute Gasteiger partial charge is 0.187 e. The highest BCUT2D eigenvalue weighted by Gasteiger charge is 2.09. The molecule has 1 N–H and O–H groups in total. The van der Waals surface area contributed by atoms with E-state index in [4.69, 9.17) is 9.72 Å². The minimum absolute atomic E-state index is 0. The summed E-state index contributed by atoms with van der Waals surface area (Å²) in [5.74, 6) is 0.811. The highest BCUT2D eigenvalue weighted by atomic mass is 35.5. The van der Waals surface area contributed by atoms with E-state index in [0.29, 0.717) is 0 Å². The number of benzene rings is 2. The molecule has 0 aliphatic carbocycles. The first-order chi connectivity index (χ1) is 10.7. The van der Waals surface area contributed by atoms with Gasteiger partial charge in [-0.25, -0.2) is 4.98 Å². The molecule has 3 rings (SSSR count). The Labute approximate surface area is 146 Å². The first-order valence-corrected chi connectivity index (χ1v) is 7.98. The SMILES string of the molecule is COc1ccccc1Nc1nc(-c2ccc(C)cc2C)cs1.Cl. The third kappa shape index (κ3) is 3.84. The first-order valence-electron chi connectivity index (χ1n) is 7.10. The average Bonchev–Trinajstić information content (AvgIpc) is 2.96. The number of methoxy groups -OCH3 is 1. The maximum absolute atomic E-state index is 5.36. The molecule has 0 spiro atoms. The van der Waals surface area contributed by atoms with Gasteiger partial charge in [0.2, 0.25) is 0 Å². The molecule has 0 bridgehead atoms. The Bertz CT molecular complexity index is 801. The molecule has 3 nitrogen and oxygen atoms in total. The van der Waals surface area contributed by atoms with Crippen molar-refractivity contribution in [3.63, 3.8) is 0 Å². The van der Waals surface area contributed by atoms with Gasteiger partial charge in [0, 0.05) is 10.9 Å². The van der Waals surface area contributed by atoms with Gasteiger partial charge < -0.3 is 10.1 Å². The van der Waals surface area contributed by atoms with Crippen LogP contribution in [-0.2, 0) is 0 Å². The highest BCUT2D eigenvalue weighted by Crippen LogP contribution is 2.32. The van der Waals surface area contributed by atoms with E-state index in [-0.39, 0.29) is 12.4 Å². The van der Waals surface area contributed by atoms with Crippen LogP contribution in [0.4, 0.5) is 10.8 Å². The Morgan fingerprint density at radius 3 is 2.61 bits per heavy atom. The van der Waals surface area contributed by atoms with Gasteiger partial charge in [-0.05, 0) is 31.5 Å².